The summed E-state index contributed by atoms with van der Waals surface area (Å²) in [6.45, 7) is 0.233. The lowest BCUT2D eigenvalue weighted by atomic mass is 9.93. The number of hydrogen-bond acceptors (Lipinski definition) is 4. The van der Waals surface area contributed by atoms with Gasteiger partial charge in [0.1, 0.15) is 23.6 Å². The first-order chi connectivity index (χ1) is 9.12. The molecule has 0 saturated heterocycles. The highest BCUT2D eigenvalue weighted by molar-refractivity contribution is 5.85. The summed E-state index contributed by atoms with van der Waals surface area (Å²) < 4.78 is 10.9. The largest absolute Gasteiger partial charge is 0.497 e. The van der Waals surface area contributed by atoms with Crippen molar-refractivity contribution in [3.63, 3.8) is 0 Å². The van der Waals surface area contributed by atoms with E-state index in [0.29, 0.717) is 5.75 Å². The molecule has 0 radical (unpaired) electrons. The Morgan fingerprint density at radius 2 is 2.16 bits per heavy atom. The SMILES string of the molecule is CNC(COc1cccc(OC)c1)(C(N)=O)C1CC1. The zero-order valence-electron chi connectivity index (χ0n) is 11.3. The Hall–Kier alpha value is -1.75. The molecule has 1 amide bonds. The topological polar surface area (TPSA) is 73.6 Å². The van der Waals surface area contributed by atoms with Crippen molar-refractivity contribution in [2.45, 2.75) is 18.4 Å². The van der Waals surface area contributed by atoms with Gasteiger partial charge in [-0.1, -0.05) is 6.07 Å². The van der Waals surface area contributed by atoms with Crippen molar-refractivity contribution >= 4 is 5.91 Å². The van der Waals surface area contributed by atoms with E-state index in [4.69, 9.17) is 15.2 Å². The first-order valence-corrected chi connectivity index (χ1v) is 6.38. The Kier molecular flexibility index (Phi) is 3.95. The van der Waals surface area contributed by atoms with Crippen LogP contribution in [0.4, 0.5) is 0 Å². The van der Waals surface area contributed by atoms with Crippen molar-refractivity contribution in [1.82, 2.24) is 5.32 Å². The normalized spacial score (nSPS) is 17.6. The minimum Gasteiger partial charge on any atom is -0.497 e. The number of benzene rings is 1. The molecular weight excluding hydrogens is 244 g/mol. The van der Waals surface area contributed by atoms with Gasteiger partial charge in [0.15, 0.2) is 0 Å². The lowest BCUT2D eigenvalue weighted by Gasteiger charge is -2.30. The smallest absolute Gasteiger partial charge is 0.241 e. The number of ether oxygens (including phenoxy) is 2. The maximum Gasteiger partial charge on any atom is 0.241 e. The molecule has 0 heterocycles. The van der Waals surface area contributed by atoms with Crippen molar-refractivity contribution in [3.05, 3.63) is 24.3 Å². The summed E-state index contributed by atoms with van der Waals surface area (Å²) in [6, 6.07) is 7.30. The number of amides is 1. The van der Waals surface area contributed by atoms with Gasteiger partial charge in [-0.25, -0.2) is 0 Å². The minimum absolute atomic E-state index is 0.233. The van der Waals surface area contributed by atoms with Crippen LogP contribution in [-0.2, 0) is 4.79 Å². The number of nitrogens with two attached hydrogens (primary N) is 1. The molecular formula is C14H20N2O3. The molecule has 1 fully saturated rings. The fourth-order valence-electron chi connectivity index (χ4n) is 2.25. The monoisotopic (exact) mass is 264 g/mol. The number of nitrogens with one attached hydrogen (secondary N) is 1. The molecule has 0 aromatic heterocycles. The number of rotatable bonds is 7. The predicted molar refractivity (Wildman–Crippen MR) is 72.2 cm³/mol. The number of carbonyl (C=O) groups excluding carboxylic acids is 1. The molecule has 19 heavy (non-hydrogen) atoms. The van der Waals surface area contributed by atoms with Gasteiger partial charge >= 0.3 is 0 Å². The highest BCUT2D eigenvalue weighted by Crippen LogP contribution is 2.39. The van der Waals surface area contributed by atoms with Crippen LogP contribution in [-0.4, -0.2) is 32.2 Å². The van der Waals surface area contributed by atoms with Crippen molar-refractivity contribution in [1.29, 1.82) is 0 Å². The van der Waals surface area contributed by atoms with E-state index in [1.54, 1.807) is 20.2 Å². The number of primary amides is 1. The Balaban J connectivity index is 2.08. The lowest BCUT2D eigenvalue weighted by Crippen LogP contribution is -2.59. The summed E-state index contributed by atoms with van der Waals surface area (Å²) in [6.07, 6.45) is 2.01. The standard InChI is InChI=1S/C14H20N2O3/c1-16-14(13(15)17,10-6-7-10)9-19-12-5-3-4-11(8-12)18-2/h3-5,8,10,16H,6-7,9H2,1-2H3,(H2,15,17). The van der Waals surface area contributed by atoms with Crippen LogP contribution >= 0.6 is 0 Å². The summed E-state index contributed by atoms with van der Waals surface area (Å²) in [4.78, 5) is 11.7. The maximum absolute atomic E-state index is 11.7. The van der Waals surface area contributed by atoms with E-state index in [0.717, 1.165) is 18.6 Å². The van der Waals surface area contributed by atoms with E-state index in [9.17, 15) is 4.79 Å². The summed E-state index contributed by atoms with van der Waals surface area (Å²) >= 11 is 0. The number of hydrogen-bond donors (Lipinski definition) is 2. The minimum atomic E-state index is -0.775. The molecule has 1 aromatic rings. The molecule has 1 aliphatic rings. The van der Waals surface area contributed by atoms with E-state index in [-0.39, 0.29) is 18.4 Å². The zero-order valence-corrected chi connectivity index (χ0v) is 11.3. The van der Waals surface area contributed by atoms with E-state index < -0.39 is 5.54 Å². The zero-order chi connectivity index (χ0) is 13.9. The molecule has 1 unspecified atom stereocenters. The van der Waals surface area contributed by atoms with Gasteiger partial charge in [-0.2, -0.15) is 0 Å². The molecule has 0 aliphatic heterocycles. The van der Waals surface area contributed by atoms with Gasteiger partial charge in [-0.3, -0.25) is 4.79 Å². The first kappa shape index (κ1) is 13.7. The van der Waals surface area contributed by atoms with Crippen LogP contribution in [0.5, 0.6) is 11.5 Å². The lowest BCUT2D eigenvalue weighted by molar-refractivity contribution is -0.126. The predicted octanol–water partition coefficient (Wildman–Crippen LogP) is 0.927. The van der Waals surface area contributed by atoms with Crippen LogP contribution in [0.15, 0.2) is 24.3 Å². The number of likely N-dealkylation sites (N-methyl/N-ethyl adjacent to an activating group) is 1. The van der Waals surface area contributed by atoms with E-state index >= 15 is 0 Å². The quantitative estimate of drug-likeness (QED) is 0.768. The molecule has 104 valence electrons. The molecule has 5 nitrogen and oxygen atoms in total. The van der Waals surface area contributed by atoms with E-state index in [1.807, 2.05) is 18.2 Å². The molecule has 2 rings (SSSR count). The molecule has 0 bridgehead atoms. The Bertz CT molecular complexity index is 460. The van der Waals surface area contributed by atoms with Crippen LogP contribution in [0, 0.1) is 5.92 Å². The molecule has 5 heteroatoms. The van der Waals surface area contributed by atoms with Gasteiger partial charge < -0.3 is 20.5 Å². The highest BCUT2D eigenvalue weighted by atomic mass is 16.5. The van der Waals surface area contributed by atoms with Gasteiger partial charge in [-0.15, -0.1) is 0 Å². The second kappa shape index (κ2) is 5.48. The van der Waals surface area contributed by atoms with Crippen molar-refractivity contribution in [2.75, 3.05) is 20.8 Å². The summed E-state index contributed by atoms with van der Waals surface area (Å²) in [5, 5.41) is 3.05. The van der Waals surface area contributed by atoms with Crippen LogP contribution in [0.3, 0.4) is 0 Å². The number of carbonyl (C=O) groups is 1. The molecule has 0 spiro atoms. The average molecular weight is 264 g/mol. The van der Waals surface area contributed by atoms with Crippen LogP contribution < -0.4 is 20.5 Å². The third-order valence-electron chi connectivity index (χ3n) is 3.67. The van der Waals surface area contributed by atoms with Gasteiger partial charge in [0, 0.05) is 6.07 Å². The summed E-state index contributed by atoms with van der Waals surface area (Å²) in [5.41, 5.74) is 4.76. The second-order valence-electron chi connectivity index (χ2n) is 4.83. The molecule has 1 atom stereocenters. The van der Waals surface area contributed by atoms with E-state index in [1.165, 1.54) is 0 Å². The highest BCUT2D eigenvalue weighted by Gasteiger charge is 2.49. The fourth-order valence-corrected chi connectivity index (χ4v) is 2.25. The summed E-state index contributed by atoms with van der Waals surface area (Å²) in [7, 11) is 3.35. The maximum atomic E-state index is 11.7. The van der Waals surface area contributed by atoms with Crippen molar-refractivity contribution in [2.24, 2.45) is 11.7 Å². The van der Waals surface area contributed by atoms with Crippen LogP contribution in [0.1, 0.15) is 12.8 Å². The molecule has 1 saturated carbocycles. The Labute approximate surface area is 113 Å². The average Bonchev–Trinajstić information content (AvgIpc) is 3.25. The third-order valence-corrected chi connectivity index (χ3v) is 3.67. The molecule has 1 aliphatic carbocycles. The number of methoxy groups -OCH3 is 1. The first-order valence-electron chi connectivity index (χ1n) is 6.38. The Morgan fingerprint density at radius 3 is 2.68 bits per heavy atom. The Morgan fingerprint density at radius 1 is 1.47 bits per heavy atom. The van der Waals surface area contributed by atoms with Crippen molar-refractivity contribution < 1.29 is 14.3 Å². The summed E-state index contributed by atoms with van der Waals surface area (Å²) in [5.74, 6) is 1.29. The molecule has 3 N–H and O–H groups in total. The molecule has 1 aromatic carbocycles. The van der Waals surface area contributed by atoms with Gasteiger partial charge in [0.05, 0.1) is 7.11 Å². The van der Waals surface area contributed by atoms with Gasteiger partial charge in [0.2, 0.25) is 5.91 Å². The second-order valence-corrected chi connectivity index (χ2v) is 4.83. The third kappa shape index (κ3) is 2.81. The van der Waals surface area contributed by atoms with Crippen LogP contribution in [0.25, 0.3) is 0 Å². The van der Waals surface area contributed by atoms with Crippen molar-refractivity contribution in [3.8, 4) is 11.5 Å². The van der Waals surface area contributed by atoms with Crippen LogP contribution in [0.2, 0.25) is 0 Å². The van der Waals surface area contributed by atoms with Gasteiger partial charge in [-0.05, 0) is 37.9 Å². The van der Waals surface area contributed by atoms with Gasteiger partial charge in [0.25, 0.3) is 0 Å². The fraction of sp³-hybridized carbons (Fsp3) is 0.500. The van der Waals surface area contributed by atoms with E-state index in [2.05, 4.69) is 5.32 Å².